The van der Waals surface area contributed by atoms with Gasteiger partial charge in [0.2, 0.25) is 0 Å². The molecule has 2 heteroatoms. The van der Waals surface area contributed by atoms with Crippen LogP contribution in [0.3, 0.4) is 0 Å². The van der Waals surface area contributed by atoms with E-state index in [9.17, 15) is 4.79 Å². The fourth-order valence-corrected chi connectivity index (χ4v) is 3.24. The third-order valence-electron chi connectivity index (χ3n) is 4.77. The van der Waals surface area contributed by atoms with Crippen molar-refractivity contribution in [2.24, 2.45) is 11.1 Å². The van der Waals surface area contributed by atoms with Gasteiger partial charge in [-0.1, -0.05) is 25.3 Å². The van der Waals surface area contributed by atoms with Gasteiger partial charge in [-0.05, 0) is 56.4 Å². The average Bonchev–Trinajstić information content (AvgIpc) is 2.43. The highest BCUT2D eigenvalue weighted by molar-refractivity contribution is 6.02. The fourth-order valence-electron chi connectivity index (χ4n) is 3.24. The summed E-state index contributed by atoms with van der Waals surface area (Å²) in [4.78, 5) is 13.0. The largest absolute Gasteiger partial charge is 0.329 e. The third kappa shape index (κ3) is 2.59. The van der Waals surface area contributed by atoms with E-state index in [1.54, 1.807) is 0 Å². The molecule has 0 radical (unpaired) electrons. The molecule has 1 aliphatic rings. The van der Waals surface area contributed by atoms with Crippen LogP contribution in [-0.2, 0) is 0 Å². The van der Waals surface area contributed by atoms with Crippen molar-refractivity contribution in [1.82, 2.24) is 0 Å². The number of benzene rings is 1. The molecule has 2 nitrogen and oxygen atoms in total. The molecular formula is C17H25NO. The van der Waals surface area contributed by atoms with Gasteiger partial charge in [0.15, 0.2) is 5.78 Å². The van der Waals surface area contributed by atoms with Gasteiger partial charge in [-0.25, -0.2) is 0 Å². The normalized spacial score (nSPS) is 18.3. The predicted octanol–water partition coefficient (Wildman–Crippen LogP) is 3.70. The van der Waals surface area contributed by atoms with Crippen LogP contribution in [0.2, 0.25) is 0 Å². The number of carbonyl (C=O) groups is 1. The van der Waals surface area contributed by atoms with Gasteiger partial charge in [0.05, 0.1) is 0 Å². The Morgan fingerprint density at radius 1 is 1.05 bits per heavy atom. The van der Waals surface area contributed by atoms with Crippen molar-refractivity contribution in [3.8, 4) is 0 Å². The van der Waals surface area contributed by atoms with E-state index in [2.05, 4.69) is 26.0 Å². The molecule has 2 N–H and O–H groups in total. The standard InChI is InChI=1S/C17H25NO/c1-12-9-14(3)15(10-13(12)2)16(19)17(11-18)7-5-4-6-8-17/h9-10H,4-8,11,18H2,1-3H3. The molecule has 1 saturated carbocycles. The van der Waals surface area contributed by atoms with Gasteiger partial charge in [0.25, 0.3) is 0 Å². The van der Waals surface area contributed by atoms with Gasteiger partial charge >= 0.3 is 0 Å². The SMILES string of the molecule is Cc1cc(C)c(C(=O)C2(CN)CCCCC2)cc1C. The number of carbonyl (C=O) groups excluding carboxylic acids is 1. The van der Waals surface area contributed by atoms with E-state index in [0.717, 1.165) is 36.8 Å². The van der Waals surface area contributed by atoms with Crippen LogP contribution in [0, 0.1) is 26.2 Å². The summed E-state index contributed by atoms with van der Waals surface area (Å²) in [5.41, 5.74) is 10.1. The first-order valence-electron chi connectivity index (χ1n) is 7.33. The Balaban J connectivity index is 2.40. The maximum atomic E-state index is 13.0. The summed E-state index contributed by atoms with van der Waals surface area (Å²) < 4.78 is 0. The Morgan fingerprint density at radius 2 is 1.63 bits per heavy atom. The van der Waals surface area contributed by atoms with Gasteiger partial charge < -0.3 is 5.73 Å². The minimum Gasteiger partial charge on any atom is -0.329 e. The Hall–Kier alpha value is -1.15. The zero-order valence-electron chi connectivity index (χ0n) is 12.4. The molecule has 2 rings (SSSR count). The van der Waals surface area contributed by atoms with E-state index in [4.69, 9.17) is 5.73 Å². The van der Waals surface area contributed by atoms with E-state index in [0.29, 0.717) is 6.54 Å². The van der Waals surface area contributed by atoms with Crippen molar-refractivity contribution >= 4 is 5.78 Å². The average molecular weight is 259 g/mol. The van der Waals surface area contributed by atoms with E-state index in [-0.39, 0.29) is 11.2 Å². The molecule has 0 atom stereocenters. The number of hydrogen-bond acceptors (Lipinski definition) is 2. The second kappa shape index (κ2) is 5.46. The van der Waals surface area contributed by atoms with Crippen LogP contribution in [-0.4, -0.2) is 12.3 Å². The zero-order valence-corrected chi connectivity index (χ0v) is 12.4. The zero-order chi connectivity index (χ0) is 14.0. The first-order chi connectivity index (χ1) is 9.00. The molecule has 104 valence electrons. The van der Waals surface area contributed by atoms with Gasteiger partial charge in [0, 0.05) is 17.5 Å². The summed E-state index contributed by atoms with van der Waals surface area (Å²) in [6.45, 7) is 6.68. The lowest BCUT2D eigenvalue weighted by molar-refractivity contribution is 0.0728. The van der Waals surface area contributed by atoms with Crippen molar-refractivity contribution in [3.05, 3.63) is 34.4 Å². The van der Waals surface area contributed by atoms with Crippen LogP contribution in [0.4, 0.5) is 0 Å². The van der Waals surface area contributed by atoms with Crippen LogP contribution in [0.1, 0.15) is 59.2 Å². The fraction of sp³-hybridized carbons (Fsp3) is 0.588. The monoisotopic (exact) mass is 259 g/mol. The molecule has 0 bridgehead atoms. The van der Waals surface area contributed by atoms with Crippen LogP contribution in [0.5, 0.6) is 0 Å². The molecule has 1 aromatic carbocycles. The van der Waals surface area contributed by atoms with E-state index >= 15 is 0 Å². The molecule has 0 spiro atoms. The topological polar surface area (TPSA) is 43.1 Å². The highest BCUT2D eigenvalue weighted by Gasteiger charge is 2.39. The van der Waals surface area contributed by atoms with E-state index < -0.39 is 0 Å². The maximum absolute atomic E-state index is 13.0. The molecular weight excluding hydrogens is 234 g/mol. The molecule has 0 amide bonds. The molecule has 1 fully saturated rings. The Kier molecular flexibility index (Phi) is 4.10. The van der Waals surface area contributed by atoms with Crippen LogP contribution in [0.15, 0.2) is 12.1 Å². The Morgan fingerprint density at radius 3 is 2.21 bits per heavy atom. The summed E-state index contributed by atoms with van der Waals surface area (Å²) in [5.74, 6) is 0.273. The van der Waals surface area contributed by atoms with E-state index in [1.165, 1.54) is 17.5 Å². The van der Waals surface area contributed by atoms with Gasteiger partial charge in [0.1, 0.15) is 0 Å². The molecule has 0 aromatic heterocycles. The molecule has 0 saturated heterocycles. The summed E-state index contributed by atoms with van der Waals surface area (Å²) in [7, 11) is 0. The van der Waals surface area contributed by atoms with Gasteiger partial charge in [-0.2, -0.15) is 0 Å². The smallest absolute Gasteiger partial charge is 0.170 e. The van der Waals surface area contributed by atoms with Gasteiger partial charge in [-0.15, -0.1) is 0 Å². The summed E-state index contributed by atoms with van der Waals surface area (Å²) in [6.07, 6.45) is 5.41. The number of Topliss-reactive ketones (excluding diaryl/α,β-unsaturated/α-hetero) is 1. The summed E-state index contributed by atoms with van der Waals surface area (Å²) >= 11 is 0. The molecule has 1 aromatic rings. The quantitative estimate of drug-likeness (QED) is 0.841. The second-order valence-electron chi connectivity index (χ2n) is 6.13. The van der Waals surface area contributed by atoms with Crippen LogP contribution in [0.25, 0.3) is 0 Å². The van der Waals surface area contributed by atoms with Crippen LogP contribution < -0.4 is 5.73 Å². The molecule has 0 aliphatic heterocycles. The number of aryl methyl sites for hydroxylation is 3. The minimum atomic E-state index is -0.301. The lowest BCUT2D eigenvalue weighted by Crippen LogP contribution is -2.40. The summed E-state index contributed by atoms with van der Waals surface area (Å²) in [5, 5.41) is 0. The summed E-state index contributed by atoms with van der Waals surface area (Å²) in [6, 6.07) is 4.18. The van der Waals surface area contributed by atoms with Crippen LogP contribution >= 0.6 is 0 Å². The molecule has 1 aliphatic carbocycles. The van der Waals surface area contributed by atoms with Crippen molar-refractivity contribution in [2.75, 3.05) is 6.54 Å². The highest BCUT2D eigenvalue weighted by Crippen LogP contribution is 2.39. The second-order valence-corrected chi connectivity index (χ2v) is 6.13. The predicted molar refractivity (Wildman–Crippen MR) is 79.6 cm³/mol. The Labute approximate surface area is 116 Å². The van der Waals surface area contributed by atoms with Crippen molar-refractivity contribution < 1.29 is 4.79 Å². The number of ketones is 1. The van der Waals surface area contributed by atoms with Gasteiger partial charge in [-0.3, -0.25) is 4.79 Å². The molecule has 0 heterocycles. The number of hydrogen-bond donors (Lipinski definition) is 1. The first-order valence-corrected chi connectivity index (χ1v) is 7.33. The lowest BCUT2D eigenvalue weighted by Gasteiger charge is -2.35. The highest BCUT2D eigenvalue weighted by atomic mass is 16.1. The van der Waals surface area contributed by atoms with Crippen molar-refractivity contribution in [3.63, 3.8) is 0 Å². The van der Waals surface area contributed by atoms with Crippen molar-refractivity contribution in [1.29, 1.82) is 0 Å². The minimum absolute atomic E-state index is 0.273. The first kappa shape index (κ1) is 14.3. The maximum Gasteiger partial charge on any atom is 0.170 e. The lowest BCUT2D eigenvalue weighted by atomic mass is 9.69. The number of nitrogens with two attached hydrogens (primary N) is 1. The number of rotatable bonds is 3. The molecule has 0 unspecified atom stereocenters. The van der Waals surface area contributed by atoms with E-state index in [1.807, 2.05) is 6.92 Å². The molecule has 19 heavy (non-hydrogen) atoms. The Bertz CT molecular complexity index is 484. The third-order valence-corrected chi connectivity index (χ3v) is 4.77. The van der Waals surface area contributed by atoms with Crippen molar-refractivity contribution in [2.45, 2.75) is 52.9 Å².